The molecule has 1 aromatic heterocycles. The number of aromatic nitrogens is 1. The van der Waals surface area contributed by atoms with Crippen molar-refractivity contribution in [3.05, 3.63) is 53.3 Å². The fraction of sp³-hybridized carbons (Fsp3) is 0.0769. The van der Waals surface area contributed by atoms with E-state index in [2.05, 4.69) is 10.3 Å². The lowest BCUT2D eigenvalue weighted by Gasteiger charge is -2.06. The van der Waals surface area contributed by atoms with E-state index in [0.29, 0.717) is 18.1 Å². The summed E-state index contributed by atoms with van der Waals surface area (Å²) < 4.78 is 0. The molecule has 86 valence electrons. The van der Waals surface area contributed by atoms with E-state index in [1.807, 2.05) is 42.5 Å². The second kappa shape index (κ2) is 5.46. The summed E-state index contributed by atoms with van der Waals surface area (Å²) in [4.78, 5) is 14.4. The summed E-state index contributed by atoms with van der Waals surface area (Å²) in [5.41, 5.74) is 2.66. The summed E-state index contributed by atoms with van der Waals surface area (Å²) in [6.45, 7) is 0.387. The molecule has 0 aliphatic carbocycles. The maximum Gasteiger partial charge on any atom is 0.207 e. The number of nitrogens with zero attached hydrogens (tertiary/aromatic N) is 1. The molecular formula is C13H11ClN2O. The van der Waals surface area contributed by atoms with E-state index < -0.39 is 0 Å². The van der Waals surface area contributed by atoms with Crippen LogP contribution in [0.25, 0.3) is 11.1 Å². The zero-order valence-electron chi connectivity index (χ0n) is 9.06. The van der Waals surface area contributed by atoms with E-state index in [1.165, 1.54) is 0 Å². The van der Waals surface area contributed by atoms with Crippen molar-refractivity contribution < 1.29 is 4.79 Å². The first-order chi connectivity index (χ1) is 8.31. The van der Waals surface area contributed by atoms with Gasteiger partial charge in [0.1, 0.15) is 5.15 Å². The summed E-state index contributed by atoms with van der Waals surface area (Å²) in [5, 5.41) is 3.00. The van der Waals surface area contributed by atoms with Crippen molar-refractivity contribution in [2.45, 2.75) is 6.54 Å². The largest absolute Gasteiger partial charge is 0.353 e. The second-order valence-electron chi connectivity index (χ2n) is 3.51. The quantitative estimate of drug-likeness (QED) is 0.666. The molecule has 0 spiro atoms. The third-order valence-corrected chi connectivity index (χ3v) is 2.65. The highest BCUT2D eigenvalue weighted by atomic mass is 35.5. The van der Waals surface area contributed by atoms with Crippen LogP contribution in [0, 0.1) is 0 Å². The average Bonchev–Trinajstić information content (AvgIpc) is 2.37. The molecule has 1 N–H and O–H groups in total. The lowest BCUT2D eigenvalue weighted by molar-refractivity contribution is -0.109. The fourth-order valence-corrected chi connectivity index (χ4v) is 1.83. The van der Waals surface area contributed by atoms with Gasteiger partial charge in [-0.1, -0.05) is 41.9 Å². The van der Waals surface area contributed by atoms with Gasteiger partial charge in [0, 0.05) is 5.56 Å². The van der Waals surface area contributed by atoms with Gasteiger partial charge in [-0.25, -0.2) is 4.98 Å². The molecule has 0 saturated heterocycles. The lowest BCUT2D eigenvalue weighted by Crippen LogP contribution is -2.11. The molecule has 1 amide bonds. The van der Waals surface area contributed by atoms with Crippen molar-refractivity contribution >= 4 is 18.0 Å². The summed E-state index contributed by atoms with van der Waals surface area (Å²) in [6.07, 6.45) is 0.640. The van der Waals surface area contributed by atoms with Crippen LogP contribution in [-0.2, 0) is 11.3 Å². The van der Waals surface area contributed by atoms with Gasteiger partial charge in [0.05, 0.1) is 12.2 Å². The highest BCUT2D eigenvalue weighted by molar-refractivity contribution is 6.32. The van der Waals surface area contributed by atoms with Crippen LogP contribution in [-0.4, -0.2) is 11.4 Å². The van der Waals surface area contributed by atoms with Crippen LogP contribution in [0.5, 0.6) is 0 Å². The smallest absolute Gasteiger partial charge is 0.207 e. The van der Waals surface area contributed by atoms with Crippen LogP contribution in [0.15, 0.2) is 42.5 Å². The minimum absolute atomic E-state index is 0.387. The third-order valence-electron chi connectivity index (χ3n) is 2.36. The monoisotopic (exact) mass is 246 g/mol. The van der Waals surface area contributed by atoms with Gasteiger partial charge in [0.25, 0.3) is 0 Å². The maximum atomic E-state index is 10.2. The molecule has 0 saturated carbocycles. The molecule has 0 atom stereocenters. The standard InChI is InChI=1S/C13H11ClN2O/c14-13-12(10-4-2-1-3-5-10)7-6-11(16-13)8-15-9-17/h1-7,9H,8H2,(H,15,17). The SMILES string of the molecule is O=CNCc1ccc(-c2ccccc2)c(Cl)n1. The molecule has 2 aromatic rings. The Balaban J connectivity index is 2.29. The molecule has 0 radical (unpaired) electrons. The van der Waals surface area contributed by atoms with Gasteiger partial charge in [-0.05, 0) is 17.7 Å². The van der Waals surface area contributed by atoms with Crippen molar-refractivity contribution in [3.63, 3.8) is 0 Å². The molecule has 17 heavy (non-hydrogen) atoms. The fourth-order valence-electron chi connectivity index (χ4n) is 1.55. The number of hydrogen-bond acceptors (Lipinski definition) is 2. The van der Waals surface area contributed by atoms with Crippen molar-refractivity contribution in [1.29, 1.82) is 0 Å². The highest BCUT2D eigenvalue weighted by Gasteiger charge is 2.05. The first-order valence-electron chi connectivity index (χ1n) is 5.19. The lowest BCUT2D eigenvalue weighted by atomic mass is 10.1. The average molecular weight is 247 g/mol. The van der Waals surface area contributed by atoms with Crippen LogP contribution in [0.2, 0.25) is 5.15 Å². The number of nitrogens with one attached hydrogen (secondary N) is 1. The molecule has 0 unspecified atom stereocenters. The van der Waals surface area contributed by atoms with E-state index >= 15 is 0 Å². The van der Waals surface area contributed by atoms with Gasteiger partial charge < -0.3 is 5.32 Å². The number of halogens is 1. The summed E-state index contributed by atoms with van der Waals surface area (Å²) in [6, 6.07) is 13.6. The van der Waals surface area contributed by atoms with Crippen molar-refractivity contribution in [2.24, 2.45) is 0 Å². The van der Waals surface area contributed by atoms with Gasteiger partial charge >= 0.3 is 0 Å². The van der Waals surface area contributed by atoms with Gasteiger partial charge in [0.2, 0.25) is 6.41 Å². The second-order valence-corrected chi connectivity index (χ2v) is 3.86. The van der Waals surface area contributed by atoms with Gasteiger partial charge in [-0.3, -0.25) is 4.79 Å². The minimum atomic E-state index is 0.387. The van der Waals surface area contributed by atoms with Crippen molar-refractivity contribution in [1.82, 2.24) is 10.3 Å². The molecule has 1 heterocycles. The highest BCUT2D eigenvalue weighted by Crippen LogP contribution is 2.26. The van der Waals surface area contributed by atoms with Crippen LogP contribution in [0.3, 0.4) is 0 Å². The Morgan fingerprint density at radius 2 is 1.94 bits per heavy atom. The summed E-state index contributed by atoms with van der Waals surface area (Å²) in [7, 11) is 0. The van der Waals surface area contributed by atoms with Crippen LogP contribution in [0.4, 0.5) is 0 Å². The summed E-state index contributed by atoms with van der Waals surface area (Å²) >= 11 is 6.12. The number of amides is 1. The first kappa shape index (κ1) is 11.6. The van der Waals surface area contributed by atoms with Gasteiger partial charge in [-0.15, -0.1) is 0 Å². The zero-order chi connectivity index (χ0) is 12.1. The Morgan fingerprint density at radius 1 is 1.18 bits per heavy atom. The number of benzene rings is 1. The third kappa shape index (κ3) is 2.82. The van der Waals surface area contributed by atoms with Crippen molar-refractivity contribution in [2.75, 3.05) is 0 Å². The Bertz CT molecular complexity index is 514. The maximum absolute atomic E-state index is 10.2. The number of carbonyl (C=O) groups excluding carboxylic acids is 1. The minimum Gasteiger partial charge on any atom is -0.353 e. The number of carbonyl (C=O) groups is 1. The predicted octanol–water partition coefficient (Wildman–Crippen LogP) is 2.65. The molecule has 0 aliphatic heterocycles. The zero-order valence-corrected chi connectivity index (χ0v) is 9.82. The van der Waals surface area contributed by atoms with E-state index in [0.717, 1.165) is 16.8 Å². The van der Waals surface area contributed by atoms with E-state index in [4.69, 9.17) is 11.6 Å². The topological polar surface area (TPSA) is 42.0 Å². The van der Waals surface area contributed by atoms with E-state index in [-0.39, 0.29) is 0 Å². The number of pyridine rings is 1. The van der Waals surface area contributed by atoms with Crippen molar-refractivity contribution in [3.8, 4) is 11.1 Å². The molecule has 1 aromatic carbocycles. The van der Waals surface area contributed by atoms with Gasteiger partial charge in [0.15, 0.2) is 0 Å². The first-order valence-corrected chi connectivity index (χ1v) is 5.57. The number of hydrogen-bond donors (Lipinski definition) is 1. The van der Waals surface area contributed by atoms with Crippen LogP contribution >= 0.6 is 11.6 Å². The van der Waals surface area contributed by atoms with E-state index in [9.17, 15) is 4.79 Å². The summed E-state index contributed by atoms with van der Waals surface area (Å²) in [5.74, 6) is 0. The Morgan fingerprint density at radius 3 is 2.59 bits per heavy atom. The molecule has 3 nitrogen and oxygen atoms in total. The van der Waals surface area contributed by atoms with Crippen LogP contribution < -0.4 is 5.32 Å². The Hall–Kier alpha value is -1.87. The molecular weight excluding hydrogens is 236 g/mol. The van der Waals surface area contributed by atoms with E-state index in [1.54, 1.807) is 0 Å². The molecule has 0 fully saturated rings. The van der Waals surface area contributed by atoms with Gasteiger partial charge in [-0.2, -0.15) is 0 Å². The number of rotatable bonds is 4. The van der Waals surface area contributed by atoms with Crippen LogP contribution in [0.1, 0.15) is 5.69 Å². The molecule has 0 bridgehead atoms. The predicted molar refractivity (Wildman–Crippen MR) is 67.6 cm³/mol. The molecule has 4 heteroatoms. The normalized spacial score (nSPS) is 9.94. The molecule has 2 rings (SSSR count). The molecule has 0 aliphatic rings. The Labute approximate surface area is 104 Å². The Kier molecular flexibility index (Phi) is 3.73.